The summed E-state index contributed by atoms with van der Waals surface area (Å²) in [5.41, 5.74) is 1.92. The van der Waals surface area contributed by atoms with Gasteiger partial charge in [-0.1, -0.05) is 59.3 Å². The van der Waals surface area contributed by atoms with E-state index in [0.717, 1.165) is 5.56 Å². The minimum absolute atomic E-state index is 0.205. The molecule has 35 heavy (non-hydrogen) atoms. The lowest BCUT2D eigenvalue weighted by Gasteiger charge is -2.14. The zero-order chi connectivity index (χ0) is 24.9. The van der Waals surface area contributed by atoms with E-state index in [1.807, 2.05) is 6.07 Å². The predicted molar refractivity (Wildman–Crippen MR) is 146 cm³/mol. The largest absolute Gasteiger partial charge is 0.497 e. The number of methoxy groups -OCH3 is 1. The Hall–Kier alpha value is -3.04. The Morgan fingerprint density at radius 1 is 1.06 bits per heavy atom. The monoisotopic (exact) mass is 544 g/mol. The summed E-state index contributed by atoms with van der Waals surface area (Å²) < 4.78 is 11.2. The summed E-state index contributed by atoms with van der Waals surface area (Å²) in [7, 11) is 1.58. The Bertz CT molecular complexity index is 1330. The number of hydrogen-bond donors (Lipinski definition) is 1. The molecule has 10 heteroatoms. The van der Waals surface area contributed by atoms with E-state index >= 15 is 0 Å². The van der Waals surface area contributed by atoms with E-state index in [1.54, 1.807) is 73.8 Å². The molecule has 0 saturated carbocycles. The van der Waals surface area contributed by atoms with Gasteiger partial charge in [-0.2, -0.15) is 0 Å². The smallest absolute Gasteiger partial charge is 0.270 e. The molecule has 1 aliphatic rings. The number of thioether (sulfide) groups is 1. The minimum atomic E-state index is -0.353. The van der Waals surface area contributed by atoms with Crippen LogP contribution in [0.15, 0.2) is 71.6 Å². The van der Waals surface area contributed by atoms with Crippen molar-refractivity contribution in [1.29, 1.82) is 0 Å². The molecule has 0 atom stereocenters. The number of rotatable bonds is 7. The van der Waals surface area contributed by atoms with Crippen molar-refractivity contribution in [2.75, 3.05) is 23.9 Å². The fourth-order valence-corrected chi connectivity index (χ4v) is 4.78. The van der Waals surface area contributed by atoms with Gasteiger partial charge in [-0.15, -0.1) is 0 Å². The number of hydrogen-bond acceptors (Lipinski definition) is 6. The predicted octanol–water partition coefficient (Wildman–Crippen LogP) is 6.43. The van der Waals surface area contributed by atoms with Gasteiger partial charge < -0.3 is 14.8 Å². The highest BCUT2D eigenvalue weighted by molar-refractivity contribution is 8.27. The lowest BCUT2D eigenvalue weighted by Crippen LogP contribution is -2.27. The van der Waals surface area contributed by atoms with Gasteiger partial charge in [0.05, 0.1) is 27.7 Å². The van der Waals surface area contributed by atoms with Crippen molar-refractivity contribution >= 4 is 80.8 Å². The second kappa shape index (κ2) is 11.1. The Morgan fingerprint density at radius 2 is 1.83 bits per heavy atom. The van der Waals surface area contributed by atoms with Gasteiger partial charge in [0, 0.05) is 5.69 Å². The second-order valence-corrected chi connectivity index (χ2v) is 9.74. The summed E-state index contributed by atoms with van der Waals surface area (Å²) >= 11 is 18.5. The van der Waals surface area contributed by atoms with Gasteiger partial charge in [-0.05, 0) is 66.2 Å². The van der Waals surface area contributed by atoms with Crippen LogP contribution in [0.3, 0.4) is 0 Å². The van der Waals surface area contributed by atoms with E-state index < -0.39 is 0 Å². The number of nitrogens with zero attached hydrogens (tertiary/aromatic N) is 1. The van der Waals surface area contributed by atoms with Crippen molar-refractivity contribution in [3.63, 3.8) is 0 Å². The Balaban J connectivity index is 1.41. The number of thiocarbonyl (C=S) groups is 1. The molecular weight excluding hydrogens is 527 g/mol. The molecular formula is C25H18Cl2N2O4S2. The summed E-state index contributed by atoms with van der Waals surface area (Å²) in [6, 6.07) is 19.0. The maximum Gasteiger partial charge on any atom is 0.270 e. The van der Waals surface area contributed by atoms with Crippen LogP contribution >= 0.6 is 47.2 Å². The molecule has 0 aromatic heterocycles. The Kier molecular flexibility index (Phi) is 7.97. The van der Waals surface area contributed by atoms with Crippen molar-refractivity contribution in [2.24, 2.45) is 0 Å². The third-order valence-corrected chi connectivity index (χ3v) is 6.89. The second-order valence-electron chi connectivity index (χ2n) is 7.25. The highest BCUT2D eigenvalue weighted by Crippen LogP contribution is 2.36. The van der Waals surface area contributed by atoms with Crippen LogP contribution < -0.4 is 19.7 Å². The molecule has 1 fully saturated rings. The van der Waals surface area contributed by atoms with E-state index in [9.17, 15) is 9.59 Å². The Morgan fingerprint density at radius 3 is 2.54 bits per heavy atom. The molecule has 2 amide bonds. The molecule has 1 N–H and O–H groups in total. The van der Waals surface area contributed by atoms with Crippen molar-refractivity contribution < 1.29 is 19.1 Å². The molecule has 0 radical (unpaired) electrons. The SMILES string of the molecule is COc1ccc(N2C(=O)/C(=C/c3cccc(OCC(=O)Nc4ccc(Cl)c(Cl)c4)c3)SC2=S)cc1. The van der Waals surface area contributed by atoms with Gasteiger partial charge in [-0.3, -0.25) is 14.5 Å². The third-order valence-electron chi connectivity index (χ3n) is 4.85. The molecule has 6 nitrogen and oxygen atoms in total. The number of nitrogens with one attached hydrogen (secondary N) is 1. The average Bonchev–Trinajstić information content (AvgIpc) is 3.13. The summed E-state index contributed by atoms with van der Waals surface area (Å²) in [6.07, 6.45) is 1.74. The van der Waals surface area contributed by atoms with Crippen molar-refractivity contribution in [1.82, 2.24) is 0 Å². The van der Waals surface area contributed by atoms with E-state index in [1.165, 1.54) is 16.7 Å². The normalized spacial score (nSPS) is 14.4. The van der Waals surface area contributed by atoms with Crippen LogP contribution in [0.2, 0.25) is 10.0 Å². The zero-order valence-corrected chi connectivity index (χ0v) is 21.4. The van der Waals surface area contributed by atoms with Crippen molar-refractivity contribution in [3.05, 3.63) is 87.2 Å². The van der Waals surface area contributed by atoms with Gasteiger partial charge in [0.1, 0.15) is 11.5 Å². The molecule has 4 rings (SSSR count). The van der Waals surface area contributed by atoms with E-state index in [2.05, 4.69) is 5.32 Å². The fraction of sp³-hybridized carbons (Fsp3) is 0.0800. The Labute approximate surface area is 221 Å². The zero-order valence-electron chi connectivity index (χ0n) is 18.3. The fourth-order valence-electron chi connectivity index (χ4n) is 3.19. The van der Waals surface area contributed by atoms with Crippen LogP contribution in [0.5, 0.6) is 11.5 Å². The number of carbonyl (C=O) groups is 2. The number of halogens is 2. The van der Waals surface area contributed by atoms with Gasteiger partial charge >= 0.3 is 0 Å². The number of benzene rings is 3. The van der Waals surface area contributed by atoms with Crippen molar-refractivity contribution in [2.45, 2.75) is 0 Å². The first-order valence-electron chi connectivity index (χ1n) is 10.2. The quantitative estimate of drug-likeness (QED) is 0.273. The van der Waals surface area contributed by atoms with Crippen LogP contribution in [0.4, 0.5) is 11.4 Å². The first-order valence-corrected chi connectivity index (χ1v) is 12.2. The van der Waals surface area contributed by atoms with Crippen LogP contribution in [0.1, 0.15) is 5.56 Å². The number of carbonyl (C=O) groups excluding carboxylic acids is 2. The van der Waals surface area contributed by atoms with Crippen molar-refractivity contribution in [3.8, 4) is 11.5 Å². The molecule has 1 saturated heterocycles. The topological polar surface area (TPSA) is 67.9 Å². The molecule has 0 bridgehead atoms. The molecule has 178 valence electrons. The van der Waals surface area contributed by atoms with E-state index in [-0.39, 0.29) is 18.4 Å². The number of anilines is 2. The highest BCUT2D eigenvalue weighted by atomic mass is 35.5. The third kappa shape index (κ3) is 6.15. The van der Waals surface area contributed by atoms with Crippen LogP contribution in [0.25, 0.3) is 6.08 Å². The maximum absolute atomic E-state index is 13.0. The molecule has 0 aliphatic carbocycles. The first kappa shape index (κ1) is 25.1. The van der Waals surface area contributed by atoms with E-state index in [4.69, 9.17) is 44.9 Å². The lowest BCUT2D eigenvalue weighted by atomic mass is 10.2. The molecule has 1 heterocycles. The molecule has 0 spiro atoms. The van der Waals surface area contributed by atoms with Gasteiger partial charge in [0.2, 0.25) is 0 Å². The average molecular weight is 545 g/mol. The maximum atomic E-state index is 13.0. The lowest BCUT2D eigenvalue weighted by molar-refractivity contribution is -0.118. The van der Waals surface area contributed by atoms with Crippen LogP contribution in [-0.2, 0) is 9.59 Å². The van der Waals surface area contributed by atoms with Gasteiger partial charge in [0.25, 0.3) is 11.8 Å². The van der Waals surface area contributed by atoms with Crippen LogP contribution in [0, 0.1) is 0 Å². The minimum Gasteiger partial charge on any atom is -0.497 e. The highest BCUT2D eigenvalue weighted by Gasteiger charge is 2.33. The summed E-state index contributed by atoms with van der Waals surface area (Å²) in [4.78, 5) is 27.2. The number of amides is 2. The van der Waals surface area contributed by atoms with Crippen LogP contribution in [-0.4, -0.2) is 29.9 Å². The van der Waals surface area contributed by atoms with E-state index in [0.29, 0.717) is 42.1 Å². The first-order chi connectivity index (χ1) is 16.8. The standard InChI is InChI=1S/C25H18Cl2N2O4S2/c1-32-18-8-6-17(7-9-18)29-24(31)22(35-25(29)34)12-15-3-2-4-19(11-15)33-14-23(30)28-16-5-10-20(26)21(27)13-16/h2-13H,14H2,1H3,(H,28,30)/b22-12-. The molecule has 0 unspecified atom stereocenters. The number of ether oxygens (including phenoxy) is 2. The summed E-state index contributed by atoms with van der Waals surface area (Å²) in [5, 5.41) is 3.44. The summed E-state index contributed by atoms with van der Waals surface area (Å²) in [5.74, 6) is 0.609. The van der Waals surface area contributed by atoms with Gasteiger partial charge in [0.15, 0.2) is 10.9 Å². The molecule has 3 aromatic rings. The summed E-state index contributed by atoms with van der Waals surface area (Å²) in [6.45, 7) is -0.205. The molecule has 1 aliphatic heterocycles. The van der Waals surface area contributed by atoms with Gasteiger partial charge in [-0.25, -0.2) is 0 Å². The molecule has 3 aromatic carbocycles.